The smallest absolute Gasteiger partial charge is 0.263 e. The number of rotatable bonds is 2. The van der Waals surface area contributed by atoms with E-state index in [0.717, 1.165) is 5.56 Å². The molecule has 2 rings (SSSR count). The lowest BCUT2D eigenvalue weighted by Crippen LogP contribution is -1.88. The van der Waals surface area contributed by atoms with Gasteiger partial charge in [-0.25, -0.2) is 0 Å². The molecule has 1 aromatic heterocycles. The Morgan fingerprint density at radius 2 is 2.29 bits per heavy atom. The zero-order valence-corrected chi connectivity index (χ0v) is 8.45. The fourth-order valence-electron chi connectivity index (χ4n) is 1.30. The van der Waals surface area contributed by atoms with Gasteiger partial charge in [-0.3, -0.25) is 0 Å². The molecule has 0 aliphatic rings. The summed E-state index contributed by atoms with van der Waals surface area (Å²) in [6.07, 6.45) is 0.626. The van der Waals surface area contributed by atoms with E-state index in [0.29, 0.717) is 12.3 Å². The molecule has 0 atom stereocenters. The van der Waals surface area contributed by atoms with Crippen LogP contribution in [0, 0.1) is 6.92 Å². The molecule has 4 heteroatoms. The van der Waals surface area contributed by atoms with Crippen LogP contribution in [-0.4, -0.2) is 10.1 Å². The van der Waals surface area contributed by atoms with Crippen molar-refractivity contribution >= 4 is 11.6 Å². The Kier molecular flexibility index (Phi) is 2.50. The largest absolute Gasteiger partial charge is 0.338 e. The van der Waals surface area contributed by atoms with Gasteiger partial charge in [0.2, 0.25) is 5.89 Å². The second-order valence-electron chi connectivity index (χ2n) is 3.12. The van der Waals surface area contributed by atoms with Crippen LogP contribution in [0.1, 0.15) is 17.0 Å². The van der Waals surface area contributed by atoms with Crippen molar-refractivity contribution in [1.29, 1.82) is 0 Å². The first-order valence-electron chi connectivity index (χ1n) is 4.27. The van der Waals surface area contributed by atoms with Crippen LogP contribution in [0.5, 0.6) is 0 Å². The van der Waals surface area contributed by atoms with Gasteiger partial charge in [-0.2, -0.15) is 4.98 Å². The van der Waals surface area contributed by atoms with E-state index in [1.807, 2.05) is 25.1 Å². The van der Waals surface area contributed by atoms with E-state index in [-0.39, 0.29) is 5.28 Å². The standard InChI is InChI=1S/C10H9ClN2O/c1-7-3-2-4-8(5-7)6-9-12-10(11)13-14-9/h2-5H,6H2,1H3. The number of aryl methyl sites for hydroxylation is 1. The molecule has 1 heterocycles. The van der Waals surface area contributed by atoms with Gasteiger partial charge in [-0.05, 0) is 29.2 Å². The van der Waals surface area contributed by atoms with Crippen molar-refractivity contribution in [2.45, 2.75) is 13.3 Å². The Labute approximate surface area is 86.7 Å². The molecule has 1 aromatic carbocycles. The van der Waals surface area contributed by atoms with Gasteiger partial charge in [-0.1, -0.05) is 29.8 Å². The zero-order chi connectivity index (χ0) is 9.97. The Bertz CT molecular complexity index is 439. The van der Waals surface area contributed by atoms with Crippen molar-refractivity contribution in [3.05, 3.63) is 46.6 Å². The number of aromatic nitrogens is 2. The third-order valence-electron chi connectivity index (χ3n) is 1.88. The SMILES string of the molecule is Cc1cccc(Cc2nc(Cl)no2)c1. The van der Waals surface area contributed by atoms with Gasteiger partial charge in [0.1, 0.15) is 0 Å². The minimum atomic E-state index is 0.160. The Hall–Kier alpha value is -1.35. The fraction of sp³-hybridized carbons (Fsp3) is 0.200. The maximum absolute atomic E-state index is 5.54. The van der Waals surface area contributed by atoms with Gasteiger partial charge in [0, 0.05) is 0 Å². The molecule has 14 heavy (non-hydrogen) atoms. The third kappa shape index (κ3) is 2.12. The summed E-state index contributed by atoms with van der Waals surface area (Å²) in [5.74, 6) is 0.542. The first kappa shape index (κ1) is 9.21. The average Bonchev–Trinajstić information content (AvgIpc) is 2.51. The molecule has 0 N–H and O–H groups in total. The highest BCUT2D eigenvalue weighted by molar-refractivity contribution is 6.28. The Morgan fingerprint density at radius 3 is 2.93 bits per heavy atom. The van der Waals surface area contributed by atoms with Crippen LogP contribution in [0.2, 0.25) is 5.28 Å². The quantitative estimate of drug-likeness (QED) is 0.762. The van der Waals surface area contributed by atoms with E-state index < -0.39 is 0 Å². The van der Waals surface area contributed by atoms with Crippen molar-refractivity contribution in [3.63, 3.8) is 0 Å². The molecule has 3 nitrogen and oxygen atoms in total. The van der Waals surface area contributed by atoms with Crippen LogP contribution in [0.4, 0.5) is 0 Å². The minimum Gasteiger partial charge on any atom is -0.338 e. The van der Waals surface area contributed by atoms with E-state index in [9.17, 15) is 0 Å². The molecule has 72 valence electrons. The molecule has 0 bridgehead atoms. The molecule has 0 unspecified atom stereocenters. The lowest BCUT2D eigenvalue weighted by molar-refractivity contribution is 0.384. The topological polar surface area (TPSA) is 38.9 Å². The number of nitrogens with zero attached hydrogens (tertiary/aromatic N) is 2. The summed E-state index contributed by atoms with van der Waals surface area (Å²) in [4.78, 5) is 3.92. The number of hydrogen-bond donors (Lipinski definition) is 0. The van der Waals surface area contributed by atoms with Crippen LogP contribution in [0.15, 0.2) is 28.8 Å². The van der Waals surface area contributed by atoms with E-state index >= 15 is 0 Å². The number of hydrogen-bond acceptors (Lipinski definition) is 3. The van der Waals surface area contributed by atoms with E-state index in [1.165, 1.54) is 5.56 Å². The predicted molar refractivity (Wildman–Crippen MR) is 53.3 cm³/mol. The van der Waals surface area contributed by atoms with E-state index in [4.69, 9.17) is 16.1 Å². The van der Waals surface area contributed by atoms with Crippen LogP contribution < -0.4 is 0 Å². The molecule has 0 saturated carbocycles. The molecule has 0 aliphatic heterocycles. The van der Waals surface area contributed by atoms with Crippen LogP contribution in [-0.2, 0) is 6.42 Å². The summed E-state index contributed by atoms with van der Waals surface area (Å²) in [6, 6.07) is 8.15. The van der Waals surface area contributed by atoms with E-state index in [2.05, 4.69) is 16.2 Å². The normalized spacial score (nSPS) is 10.4. The van der Waals surface area contributed by atoms with Gasteiger partial charge in [0.05, 0.1) is 6.42 Å². The second-order valence-corrected chi connectivity index (χ2v) is 3.46. The minimum absolute atomic E-state index is 0.160. The third-order valence-corrected chi connectivity index (χ3v) is 2.03. The van der Waals surface area contributed by atoms with E-state index in [1.54, 1.807) is 0 Å². The average molecular weight is 209 g/mol. The molecule has 2 aromatic rings. The molecule has 0 saturated heterocycles. The number of benzene rings is 1. The molecular weight excluding hydrogens is 200 g/mol. The molecule has 0 spiro atoms. The lowest BCUT2D eigenvalue weighted by atomic mass is 10.1. The first-order chi connectivity index (χ1) is 6.74. The Morgan fingerprint density at radius 1 is 1.43 bits per heavy atom. The predicted octanol–water partition coefficient (Wildman–Crippen LogP) is 2.62. The van der Waals surface area contributed by atoms with Gasteiger partial charge in [0.25, 0.3) is 5.28 Å². The molecular formula is C10H9ClN2O. The molecule has 0 radical (unpaired) electrons. The summed E-state index contributed by atoms with van der Waals surface area (Å²) < 4.78 is 4.92. The Balaban J connectivity index is 2.18. The van der Waals surface area contributed by atoms with Gasteiger partial charge < -0.3 is 4.52 Å². The fourth-order valence-corrected chi connectivity index (χ4v) is 1.43. The van der Waals surface area contributed by atoms with Crippen LogP contribution in [0.3, 0.4) is 0 Å². The number of halogens is 1. The summed E-state index contributed by atoms with van der Waals surface area (Å²) in [5.41, 5.74) is 2.36. The highest BCUT2D eigenvalue weighted by Crippen LogP contribution is 2.11. The molecule has 0 amide bonds. The molecule has 0 fully saturated rings. The summed E-state index contributed by atoms with van der Waals surface area (Å²) >= 11 is 5.54. The maximum Gasteiger partial charge on any atom is 0.263 e. The van der Waals surface area contributed by atoms with Crippen molar-refractivity contribution in [2.75, 3.05) is 0 Å². The zero-order valence-electron chi connectivity index (χ0n) is 7.70. The van der Waals surface area contributed by atoms with Crippen LogP contribution in [0.25, 0.3) is 0 Å². The van der Waals surface area contributed by atoms with Crippen molar-refractivity contribution < 1.29 is 4.52 Å². The van der Waals surface area contributed by atoms with Gasteiger partial charge in [-0.15, -0.1) is 0 Å². The summed E-state index contributed by atoms with van der Waals surface area (Å²) in [5, 5.41) is 3.67. The van der Waals surface area contributed by atoms with Crippen LogP contribution >= 0.6 is 11.6 Å². The second kappa shape index (κ2) is 3.80. The van der Waals surface area contributed by atoms with Gasteiger partial charge >= 0.3 is 0 Å². The summed E-state index contributed by atoms with van der Waals surface area (Å²) in [6.45, 7) is 2.05. The highest BCUT2D eigenvalue weighted by Gasteiger charge is 2.04. The van der Waals surface area contributed by atoms with Gasteiger partial charge in [0.15, 0.2) is 0 Å². The highest BCUT2D eigenvalue weighted by atomic mass is 35.5. The molecule has 0 aliphatic carbocycles. The lowest BCUT2D eigenvalue weighted by Gasteiger charge is -1.97. The first-order valence-corrected chi connectivity index (χ1v) is 4.65. The van der Waals surface area contributed by atoms with Crippen molar-refractivity contribution in [3.8, 4) is 0 Å². The van der Waals surface area contributed by atoms with Crippen molar-refractivity contribution in [1.82, 2.24) is 10.1 Å². The summed E-state index contributed by atoms with van der Waals surface area (Å²) in [7, 11) is 0. The van der Waals surface area contributed by atoms with Crippen molar-refractivity contribution in [2.24, 2.45) is 0 Å². The monoisotopic (exact) mass is 208 g/mol. The maximum atomic E-state index is 5.54.